The van der Waals surface area contributed by atoms with Gasteiger partial charge in [-0.25, -0.2) is 8.78 Å². The molecule has 2 aromatic rings. The van der Waals surface area contributed by atoms with Crippen LogP contribution in [0.5, 0.6) is 11.5 Å². The summed E-state index contributed by atoms with van der Waals surface area (Å²) in [5, 5.41) is 3.34. The zero-order valence-electron chi connectivity index (χ0n) is 11.2. The monoisotopic (exact) mass is 309 g/mol. The number of hydrogen-bond donors (Lipinski definition) is 1. The molecule has 1 aliphatic rings. The molecule has 21 heavy (non-hydrogen) atoms. The highest BCUT2D eigenvalue weighted by Crippen LogP contribution is 2.29. The van der Waals surface area contributed by atoms with Gasteiger partial charge >= 0.3 is 0 Å². The van der Waals surface area contributed by atoms with E-state index in [0.717, 1.165) is 12.8 Å². The van der Waals surface area contributed by atoms with E-state index in [4.69, 9.17) is 16.3 Å². The maximum absolute atomic E-state index is 13.4. The lowest BCUT2D eigenvalue weighted by Gasteiger charge is -2.12. The van der Waals surface area contributed by atoms with Gasteiger partial charge in [0.05, 0.1) is 5.02 Å². The Hall–Kier alpha value is -1.65. The third-order valence-electron chi connectivity index (χ3n) is 3.30. The lowest BCUT2D eigenvalue weighted by molar-refractivity contribution is 0.465. The molecule has 3 rings (SSSR count). The minimum absolute atomic E-state index is 0.0390. The predicted octanol–water partition coefficient (Wildman–Crippen LogP) is 4.66. The lowest BCUT2D eigenvalue weighted by atomic mass is 10.2. The van der Waals surface area contributed by atoms with E-state index in [-0.39, 0.29) is 10.8 Å². The largest absolute Gasteiger partial charge is 0.457 e. The second-order valence-corrected chi connectivity index (χ2v) is 5.49. The Kier molecular flexibility index (Phi) is 4.08. The molecule has 1 saturated carbocycles. The summed E-state index contributed by atoms with van der Waals surface area (Å²) in [6.45, 7) is 0.522. The summed E-state index contributed by atoms with van der Waals surface area (Å²) < 4.78 is 32.5. The minimum Gasteiger partial charge on any atom is -0.457 e. The molecule has 0 spiro atoms. The normalized spacial score (nSPS) is 14.2. The van der Waals surface area contributed by atoms with Gasteiger partial charge in [-0.2, -0.15) is 0 Å². The molecule has 0 atom stereocenters. The Balaban J connectivity index is 1.80. The van der Waals surface area contributed by atoms with Crippen LogP contribution >= 0.6 is 11.6 Å². The van der Waals surface area contributed by atoms with Crippen LogP contribution in [0.3, 0.4) is 0 Å². The van der Waals surface area contributed by atoms with Crippen LogP contribution in [0.4, 0.5) is 8.78 Å². The van der Waals surface area contributed by atoms with Crippen molar-refractivity contribution in [2.24, 2.45) is 0 Å². The number of halogens is 3. The Morgan fingerprint density at radius 3 is 2.67 bits per heavy atom. The Bertz CT molecular complexity index is 659. The summed E-state index contributed by atoms with van der Waals surface area (Å²) in [5.41, 5.74) is 0.706. The van der Waals surface area contributed by atoms with Crippen molar-refractivity contribution in [3.8, 4) is 11.5 Å². The topological polar surface area (TPSA) is 21.3 Å². The van der Waals surface area contributed by atoms with E-state index in [2.05, 4.69) is 5.32 Å². The van der Waals surface area contributed by atoms with Gasteiger partial charge in [0.25, 0.3) is 0 Å². The molecule has 2 aromatic carbocycles. The van der Waals surface area contributed by atoms with E-state index >= 15 is 0 Å². The number of rotatable bonds is 5. The molecule has 0 saturated heterocycles. The van der Waals surface area contributed by atoms with Crippen LogP contribution in [0.25, 0.3) is 0 Å². The summed E-state index contributed by atoms with van der Waals surface area (Å²) in [7, 11) is 0. The highest BCUT2D eigenvalue weighted by atomic mass is 35.5. The molecule has 0 amide bonds. The molecule has 1 fully saturated rings. The molecular weight excluding hydrogens is 296 g/mol. The Morgan fingerprint density at radius 2 is 1.95 bits per heavy atom. The molecule has 0 radical (unpaired) electrons. The van der Waals surface area contributed by atoms with Gasteiger partial charge in [0, 0.05) is 24.2 Å². The van der Waals surface area contributed by atoms with Crippen LogP contribution in [0.1, 0.15) is 18.4 Å². The zero-order valence-corrected chi connectivity index (χ0v) is 12.0. The number of hydrogen-bond acceptors (Lipinski definition) is 2. The molecule has 5 heteroatoms. The van der Waals surface area contributed by atoms with Crippen LogP contribution in [-0.4, -0.2) is 6.04 Å². The molecular formula is C16H14ClF2NO. The first kappa shape index (κ1) is 14.3. The van der Waals surface area contributed by atoms with Crippen LogP contribution < -0.4 is 10.1 Å². The first-order chi connectivity index (χ1) is 10.1. The summed E-state index contributed by atoms with van der Waals surface area (Å²) in [6.07, 6.45) is 2.29. The SMILES string of the molecule is Fc1ccc(Oc2ccc(Cl)c(F)c2)c(CNC2CC2)c1. The van der Waals surface area contributed by atoms with Gasteiger partial charge in [0.2, 0.25) is 0 Å². The van der Waals surface area contributed by atoms with Gasteiger partial charge in [-0.05, 0) is 43.2 Å². The Morgan fingerprint density at radius 1 is 1.14 bits per heavy atom. The lowest BCUT2D eigenvalue weighted by Crippen LogP contribution is -2.15. The number of benzene rings is 2. The molecule has 1 aliphatic carbocycles. The van der Waals surface area contributed by atoms with Crippen molar-refractivity contribution in [2.75, 3.05) is 0 Å². The zero-order chi connectivity index (χ0) is 14.8. The van der Waals surface area contributed by atoms with E-state index in [1.807, 2.05) is 0 Å². The van der Waals surface area contributed by atoms with Gasteiger partial charge < -0.3 is 10.1 Å². The third kappa shape index (κ3) is 3.71. The van der Waals surface area contributed by atoms with Crippen molar-refractivity contribution in [1.29, 1.82) is 0 Å². The first-order valence-corrected chi connectivity index (χ1v) is 7.14. The summed E-state index contributed by atoms with van der Waals surface area (Å²) in [4.78, 5) is 0. The molecule has 2 nitrogen and oxygen atoms in total. The molecule has 1 N–H and O–H groups in total. The van der Waals surface area contributed by atoms with E-state index in [1.165, 1.54) is 24.3 Å². The van der Waals surface area contributed by atoms with Crippen molar-refractivity contribution in [1.82, 2.24) is 5.32 Å². The van der Waals surface area contributed by atoms with Crippen molar-refractivity contribution in [2.45, 2.75) is 25.4 Å². The molecule has 0 aromatic heterocycles. The van der Waals surface area contributed by atoms with E-state index in [9.17, 15) is 8.78 Å². The third-order valence-corrected chi connectivity index (χ3v) is 3.61. The molecule has 110 valence electrons. The quantitative estimate of drug-likeness (QED) is 0.867. The van der Waals surface area contributed by atoms with Gasteiger partial charge in [-0.3, -0.25) is 0 Å². The average molecular weight is 310 g/mol. The summed E-state index contributed by atoms with van der Waals surface area (Å²) in [6, 6.07) is 9.02. The molecule has 0 aliphatic heterocycles. The first-order valence-electron chi connectivity index (χ1n) is 6.76. The second-order valence-electron chi connectivity index (χ2n) is 5.09. The highest BCUT2D eigenvalue weighted by Gasteiger charge is 2.21. The van der Waals surface area contributed by atoms with E-state index in [0.29, 0.717) is 29.6 Å². The van der Waals surface area contributed by atoms with Crippen LogP contribution in [0.2, 0.25) is 5.02 Å². The van der Waals surface area contributed by atoms with Gasteiger partial charge in [-0.1, -0.05) is 11.6 Å². The maximum atomic E-state index is 13.4. The van der Waals surface area contributed by atoms with E-state index < -0.39 is 5.82 Å². The predicted molar refractivity (Wildman–Crippen MR) is 77.7 cm³/mol. The number of ether oxygens (including phenoxy) is 1. The smallest absolute Gasteiger partial charge is 0.145 e. The van der Waals surface area contributed by atoms with Crippen LogP contribution in [-0.2, 0) is 6.54 Å². The minimum atomic E-state index is -0.547. The van der Waals surface area contributed by atoms with Crippen LogP contribution in [0, 0.1) is 11.6 Å². The van der Waals surface area contributed by atoms with E-state index in [1.54, 1.807) is 12.1 Å². The van der Waals surface area contributed by atoms with Gasteiger partial charge in [-0.15, -0.1) is 0 Å². The fourth-order valence-electron chi connectivity index (χ4n) is 1.99. The van der Waals surface area contributed by atoms with Gasteiger partial charge in [0.15, 0.2) is 0 Å². The van der Waals surface area contributed by atoms with Crippen molar-refractivity contribution in [3.05, 3.63) is 58.6 Å². The Labute approximate surface area is 126 Å². The summed E-state index contributed by atoms with van der Waals surface area (Å²) in [5.74, 6) is -0.0337. The van der Waals surface area contributed by atoms with Crippen molar-refractivity contribution >= 4 is 11.6 Å². The second kappa shape index (κ2) is 6.00. The van der Waals surface area contributed by atoms with Crippen molar-refractivity contribution in [3.63, 3.8) is 0 Å². The standard InChI is InChI=1S/C16H14ClF2NO/c17-14-5-4-13(8-15(14)19)21-16-6-1-11(18)7-10(16)9-20-12-2-3-12/h1,4-8,12,20H,2-3,9H2. The van der Waals surface area contributed by atoms with Crippen LogP contribution in [0.15, 0.2) is 36.4 Å². The molecule has 0 unspecified atom stereocenters. The maximum Gasteiger partial charge on any atom is 0.145 e. The van der Waals surface area contributed by atoms with Crippen molar-refractivity contribution < 1.29 is 13.5 Å². The summed E-state index contributed by atoms with van der Waals surface area (Å²) >= 11 is 5.64. The average Bonchev–Trinajstić information content (AvgIpc) is 3.27. The fraction of sp³-hybridized carbons (Fsp3) is 0.250. The molecule has 0 bridgehead atoms. The number of nitrogens with one attached hydrogen (secondary N) is 1. The fourth-order valence-corrected chi connectivity index (χ4v) is 2.11. The molecule has 0 heterocycles. The highest BCUT2D eigenvalue weighted by molar-refractivity contribution is 6.30. The van der Waals surface area contributed by atoms with Gasteiger partial charge in [0.1, 0.15) is 23.1 Å².